The fourth-order valence-corrected chi connectivity index (χ4v) is 5.92. The first-order valence-corrected chi connectivity index (χ1v) is 15.1. The number of pyridine rings is 1. The predicted molar refractivity (Wildman–Crippen MR) is 191 cm³/mol. The summed E-state index contributed by atoms with van der Waals surface area (Å²) < 4.78 is 0. The van der Waals surface area contributed by atoms with Gasteiger partial charge in [-0.25, -0.2) is 9.98 Å². The Kier molecular flexibility index (Phi) is 7.65. The van der Waals surface area contributed by atoms with Gasteiger partial charge in [0.15, 0.2) is 5.84 Å². The maximum Gasteiger partial charge on any atom is 0.160 e. The number of hydrogen-bond donors (Lipinski definition) is 0. The average Bonchev–Trinajstić information content (AvgIpc) is 3.11. The van der Waals surface area contributed by atoms with Crippen LogP contribution in [0.25, 0.3) is 49.6 Å². The molecule has 0 fully saturated rings. The second-order valence-corrected chi connectivity index (χ2v) is 10.9. The van der Waals surface area contributed by atoms with Crippen LogP contribution < -0.4 is 0 Å². The molecule has 6 aromatic carbocycles. The summed E-state index contributed by atoms with van der Waals surface area (Å²) in [5, 5.41) is 4.70. The highest BCUT2D eigenvalue weighted by molar-refractivity contribution is 6.21. The third kappa shape index (κ3) is 5.60. The summed E-state index contributed by atoms with van der Waals surface area (Å²) in [4.78, 5) is 14.7. The van der Waals surface area contributed by atoms with Crippen LogP contribution in [-0.2, 0) is 0 Å². The zero-order chi connectivity index (χ0) is 30.6. The predicted octanol–water partition coefficient (Wildman–Crippen LogP) is 10.6. The Morgan fingerprint density at radius 1 is 0.511 bits per heavy atom. The minimum Gasteiger partial charge on any atom is -0.256 e. The van der Waals surface area contributed by atoms with E-state index < -0.39 is 0 Å². The van der Waals surface area contributed by atoms with Gasteiger partial charge in [0.1, 0.15) is 0 Å². The van der Waals surface area contributed by atoms with E-state index in [9.17, 15) is 0 Å². The molecule has 3 heteroatoms. The van der Waals surface area contributed by atoms with Crippen LogP contribution in [0, 0.1) is 0 Å². The van der Waals surface area contributed by atoms with Crippen molar-refractivity contribution in [1.82, 2.24) is 4.98 Å². The first-order chi connectivity index (χ1) is 22.2. The first kappa shape index (κ1) is 27.9. The molecule has 7 aromatic rings. The smallest absolute Gasteiger partial charge is 0.160 e. The van der Waals surface area contributed by atoms with Crippen molar-refractivity contribution in [2.24, 2.45) is 9.98 Å². The van der Waals surface area contributed by atoms with Gasteiger partial charge >= 0.3 is 0 Å². The normalized spacial score (nSPS) is 12.0. The summed E-state index contributed by atoms with van der Waals surface area (Å²) in [6.45, 7) is 6.43. The van der Waals surface area contributed by atoms with Crippen molar-refractivity contribution in [3.05, 3.63) is 181 Å². The van der Waals surface area contributed by atoms with E-state index >= 15 is 0 Å². The van der Waals surface area contributed by atoms with E-state index in [0.29, 0.717) is 11.5 Å². The zero-order valence-corrected chi connectivity index (χ0v) is 25.1. The third-order valence-corrected chi connectivity index (χ3v) is 8.08. The second kappa shape index (κ2) is 12.4. The molecular formula is C42H31N3. The Morgan fingerprint density at radius 2 is 1.04 bits per heavy atom. The van der Waals surface area contributed by atoms with Crippen molar-refractivity contribution in [3.63, 3.8) is 0 Å². The van der Waals surface area contributed by atoms with E-state index in [2.05, 4.69) is 97.6 Å². The molecule has 0 spiro atoms. The van der Waals surface area contributed by atoms with Gasteiger partial charge < -0.3 is 0 Å². The molecule has 0 atom stereocenters. The molecule has 214 valence electrons. The molecule has 0 unspecified atom stereocenters. The van der Waals surface area contributed by atoms with Gasteiger partial charge in [-0.3, -0.25) is 4.98 Å². The molecule has 0 saturated heterocycles. The maximum atomic E-state index is 5.02. The molecule has 7 rings (SSSR count). The van der Waals surface area contributed by atoms with Crippen LogP contribution in [0.5, 0.6) is 0 Å². The molecule has 0 bridgehead atoms. The fraction of sp³-hybridized carbons (Fsp3) is 0.0238. The van der Waals surface area contributed by atoms with Crippen LogP contribution in [0.4, 0.5) is 0 Å². The van der Waals surface area contributed by atoms with Crippen molar-refractivity contribution >= 4 is 38.8 Å². The second-order valence-electron chi connectivity index (χ2n) is 10.9. The van der Waals surface area contributed by atoms with E-state index in [4.69, 9.17) is 15.0 Å². The van der Waals surface area contributed by atoms with Crippen molar-refractivity contribution in [3.8, 4) is 22.4 Å². The lowest BCUT2D eigenvalue weighted by atomic mass is 9.87. The summed E-state index contributed by atoms with van der Waals surface area (Å²) in [5.41, 5.74) is 8.88. The molecule has 1 heterocycles. The van der Waals surface area contributed by atoms with Crippen molar-refractivity contribution < 1.29 is 0 Å². The highest BCUT2D eigenvalue weighted by Crippen LogP contribution is 2.43. The van der Waals surface area contributed by atoms with Gasteiger partial charge in [0.2, 0.25) is 0 Å². The SMILES string of the molecule is C=C(N=C(N=C(C)c1ccccc1)c1ccccc1)c1cccc(-c2c3ccccc3c(-c3ccccn3)c3ccccc23)c1. The lowest BCUT2D eigenvalue weighted by molar-refractivity contribution is 1.34. The Hall–Kier alpha value is -5.93. The Balaban J connectivity index is 1.37. The fourth-order valence-electron chi connectivity index (χ4n) is 5.92. The van der Waals surface area contributed by atoms with Crippen LogP contribution in [0.3, 0.4) is 0 Å². The van der Waals surface area contributed by atoms with Crippen LogP contribution in [0.2, 0.25) is 0 Å². The lowest BCUT2D eigenvalue weighted by Crippen LogP contribution is -2.04. The number of amidine groups is 1. The monoisotopic (exact) mass is 577 g/mol. The van der Waals surface area contributed by atoms with Gasteiger partial charge in [0, 0.05) is 28.6 Å². The number of nitrogens with zero attached hydrogens (tertiary/aromatic N) is 3. The molecule has 0 radical (unpaired) electrons. The lowest BCUT2D eigenvalue weighted by Gasteiger charge is -2.17. The minimum atomic E-state index is 0.628. The third-order valence-electron chi connectivity index (χ3n) is 8.08. The summed E-state index contributed by atoms with van der Waals surface area (Å²) >= 11 is 0. The van der Waals surface area contributed by atoms with E-state index in [1.165, 1.54) is 27.1 Å². The standard InChI is InChI=1S/C42H31N3/c1-29(31-16-5-3-6-17-31)44-42(32-18-7-4-8-19-32)45-30(2)33-20-15-21-34(28-33)40-35-22-9-11-24-37(35)41(39-26-13-14-27-43-39)38-25-12-10-23-36(38)40/h3-28H,2H2,1H3. The largest absolute Gasteiger partial charge is 0.256 e. The number of hydrogen-bond acceptors (Lipinski definition) is 2. The van der Waals surface area contributed by atoms with E-state index in [1.54, 1.807) is 0 Å². The first-order valence-electron chi connectivity index (χ1n) is 15.1. The number of fused-ring (bicyclic) bond motifs is 2. The Bertz CT molecular complexity index is 2160. The number of aliphatic imine (C=N–C) groups is 2. The van der Waals surface area contributed by atoms with E-state index in [-0.39, 0.29) is 0 Å². The van der Waals surface area contributed by atoms with Crippen molar-refractivity contribution in [2.45, 2.75) is 6.92 Å². The molecule has 0 aliphatic carbocycles. The van der Waals surface area contributed by atoms with Gasteiger partial charge in [-0.1, -0.05) is 140 Å². The quantitative estimate of drug-likeness (QED) is 0.110. The average molecular weight is 578 g/mol. The molecule has 3 nitrogen and oxygen atoms in total. The molecule has 0 aliphatic heterocycles. The van der Waals surface area contributed by atoms with Crippen LogP contribution >= 0.6 is 0 Å². The van der Waals surface area contributed by atoms with Crippen LogP contribution in [0.1, 0.15) is 23.6 Å². The molecule has 1 aromatic heterocycles. The summed E-state index contributed by atoms with van der Waals surface area (Å²) in [6, 6.07) is 52.1. The van der Waals surface area contributed by atoms with E-state index in [1.807, 2.05) is 73.8 Å². The van der Waals surface area contributed by atoms with Crippen LogP contribution in [0.15, 0.2) is 174 Å². The summed E-state index contributed by atoms with van der Waals surface area (Å²) in [5.74, 6) is 0.628. The Morgan fingerprint density at radius 3 is 1.64 bits per heavy atom. The highest BCUT2D eigenvalue weighted by atomic mass is 14.9. The van der Waals surface area contributed by atoms with E-state index in [0.717, 1.165) is 39.2 Å². The number of aromatic nitrogens is 1. The van der Waals surface area contributed by atoms with Gasteiger partial charge in [-0.15, -0.1) is 0 Å². The molecule has 0 aliphatic rings. The highest BCUT2D eigenvalue weighted by Gasteiger charge is 2.17. The minimum absolute atomic E-state index is 0.628. The molecule has 0 saturated carbocycles. The Labute approximate surface area is 263 Å². The van der Waals surface area contributed by atoms with Crippen LogP contribution in [-0.4, -0.2) is 16.5 Å². The summed E-state index contributed by atoms with van der Waals surface area (Å²) in [7, 11) is 0. The zero-order valence-electron chi connectivity index (χ0n) is 25.1. The maximum absolute atomic E-state index is 5.02. The topological polar surface area (TPSA) is 37.6 Å². The van der Waals surface area contributed by atoms with Gasteiger partial charge in [0.25, 0.3) is 0 Å². The van der Waals surface area contributed by atoms with Gasteiger partial charge in [0.05, 0.1) is 11.4 Å². The summed E-state index contributed by atoms with van der Waals surface area (Å²) in [6.07, 6.45) is 1.86. The molecular weight excluding hydrogens is 546 g/mol. The number of rotatable bonds is 6. The van der Waals surface area contributed by atoms with Gasteiger partial charge in [-0.05, 0) is 63.4 Å². The molecule has 0 N–H and O–H groups in total. The molecule has 45 heavy (non-hydrogen) atoms. The van der Waals surface area contributed by atoms with Crippen molar-refractivity contribution in [2.75, 3.05) is 0 Å². The molecule has 0 amide bonds. The van der Waals surface area contributed by atoms with Crippen molar-refractivity contribution in [1.29, 1.82) is 0 Å². The number of benzene rings is 6. The van der Waals surface area contributed by atoms with Gasteiger partial charge in [-0.2, -0.15) is 0 Å².